The van der Waals surface area contributed by atoms with Crippen molar-refractivity contribution >= 4 is 64.4 Å². The van der Waals surface area contributed by atoms with Crippen LogP contribution in [0.2, 0.25) is 0 Å². The van der Waals surface area contributed by atoms with Crippen LogP contribution >= 0.6 is 31.9 Å². The normalized spacial score (nSPS) is 17.8. The minimum Gasteiger partial charge on any atom is -0.309 e. The van der Waals surface area contributed by atoms with E-state index in [1.54, 1.807) is 0 Å². The van der Waals surface area contributed by atoms with Crippen LogP contribution in [0.15, 0.2) is 179 Å². The van der Waals surface area contributed by atoms with Crippen LogP contribution < -0.4 is 0 Å². The van der Waals surface area contributed by atoms with E-state index in [4.69, 9.17) is 0 Å². The Kier molecular flexibility index (Phi) is 6.91. The Morgan fingerprint density at radius 1 is 0.540 bits per heavy atom. The molecule has 1 aromatic heterocycles. The fraction of sp³-hybridized carbons (Fsp3) is 0.0638. The molecule has 0 N–H and O–H groups in total. The SMILES string of the molecule is Brc1ccc2c(c1)c1cc(Br)ccc1n2-c1ccc2c(c1)C(c1ccccc1)(C1C=CC=CC1)c1cc(-c3cccc4ccccc34)ccc1-2. The summed E-state index contributed by atoms with van der Waals surface area (Å²) in [5.41, 5.74) is 12.4. The Balaban J connectivity index is 1.28. The standard InChI is InChI=1S/C47H31Br2N/c48-34-19-24-45-41(27-34)42-28-35(49)20-25-46(42)50(45)36-21-23-40-39-22-18-31(38-17-9-11-30-10-7-8-16-37(30)38)26-43(39)47(44(40)29-36,32-12-3-1-4-13-32)33-14-5-2-6-15-33/h1-14,16-29,33H,15H2. The molecule has 0 amide bonds. The minimum atomic E-state index is -0.394. The Morgan fingerprint density at radius 3 is 1.96 bits per heavy atom. The highest BCUT2D eigenvalue weighted by Crippen LogP contribution is 2.59. The summed E-state index contributed by atoms with van der Waals surface area (Å²) in [6, 6.07) is 54.3. The molecule has 1 nitrogen and oxygen atoms in total. The van der Waals surface area contributed by atoms with Gasteiger partial charge in [-0.15, -0.1) is 0 Å². The molecule has 2 atom stereocenters. The molecule has 7 aromatic carbocycles. The van der Waals surface area contributed by atoms with Gasteiger partial charge in [0.15, 0.2) is 0 Å². The molecule has 2 unspecified atom stereocenters. The molecule has 0 radical (unpaired) electrons. The third kappa shape index (κ3) is 4.36. The topological polar surface area (TPSA) is 4.93 Å². The molecule has 0 spiro atoms. The van der Waals surface area contributed by atoms with Crippen molar-refractivity contribution in [3.8, 4) is 27.9 Å². The van der Waals surface area contributed by atoms with Crippen LogP contribution in [0.1, 0.15) is 23.1 Å². The van der Waals surface area contributed by atoms with Gasteiger partial charge in [0.2, 0.25) is 0 Å². The second kappa shape index (κ2) is 11.6. The smallest absolute Gasteiger partial charge is 0.0541 e. The lowest BCUT2D eigenvalue weighted by atomic mass is 9.62. The second-order valence-electron chi connectivity index (χ2n) is 13.5. The fourth-order valence-electron chi connectivity index (χ4n) is 8.90. The number of hydrogen-bond acceptors (Lipinski definition) is 0. The fourth-order valence-corrected chi connectivity index (χ4v) is 9.62. The molecule has 10 rings (SSSR count). The first-order valence-corrected chi connectivity index (χ1v) is 18.8. The van der Waals surface area contributed by atoms with Gasteiger partial charge in [-0.2, -0.15) is 0 Å². The predicted octanol–water partition coefficient (Wildman–Crippen LogP) is 13.6. The molecule has 2 aliphatic carbocycles. The summed E-state index contributed by atoms with van der Waals surface area (Å²) in [7, 11) is 0. The molecular weight excluding hydrogens is 738 g/mol. The average molecular weight is 770 g/mol. The van der Waals surface area contributed by atoms with Crippen molar-refractivity contribution in [1.82, 2.24) is 4.57 Å². The first kappa shape index (κ1) is 29.9. The van der Waals surface area contributed by atoms with E-state index in [0.717, 1.165) is 15.4 Å². The number of halogens is 2. The Labute approximate surface area is 308 Å². The summed E-state index contributed by atoms with van der Waals surface area (Å²) in [5, 5.41) is 5.00. The molecule has 0 fully saturated rings. The lowest BCUT2D eigenvalue weighted by Gasteiger charge is -2.40. The molecule has 0 saturated carbocycles. The summed E-state index contributed by atoms with van der Waals surface area (Å²) >= 11 is 7.49. The average Bonchev–Trinajstić information content (AvgIpc) is 3.64. The molecule has 0 bridgehead atoms. The van der Waals surface area contributed by atoms with Gasteiger partial charge in [0, 0.05) is 25.4 Å². The molecule has 238 valence electrons. The van der Waals surface area contributed by atoms with Crippen molar-refractivity contribution in [3.05, 3.63) is 196 Å². The molecule has 2 aliphatic rings. The predicted molar refractivity (Wildman–Crippen MR) is 217 cm³/mol. The number of rotatable bonds is 4. The van der Waals surface area contributed by atoms with Gasteiger partial charge in [-0.05, 0) is 117 Å². The zero-order valence-electron chi connectivity index (χ0n) is 27.2. The van der Waals surface area contributed by atoms with E-state index in [9.17, 15) is 0 Å². The maximum atomic E-state index is 3.75. The zero-order chi connectivity index (χ0) is 33.4. The largest absolute Gasteiger partial charge is 0.309 e. The Hall–Kier alpha value is -4.96. The first-order valence-electron chi connectivity index (χ1n) is 17.2. The zero-order valence-corrected chi connectivity index (χ0v) is 30.3. The van der Waals surface area contributed by atoms with Crippen molar-refractivity contribution in [2.75, 3.05) is 0 Å². The van der Waals surface area contributed by atoms with E-state index < -0.39 is 5.41 Å². The van der Waals surface area contributed by atoms with Crippen molar-refractivity contribution in [2.45, 2.75) is 11.8 Å². The van der Waals surface area contributed by atoms with E-state index in [-0.39, 0.29) is 5.92 Å². The molecule has 0 saturated heterocycles. The van der Waals surface area contributed by atoms with Gasteiger partial charge < -0.3 is 4.57 Å². The second-order valence-corrected chi connectivity index (χ2v) is 15.3. The van der Waals surface area contributed by atoms with E-state index >= 15 is 0 Å². The first-order chi connectivity index (χ1) is 24.6. The number of fused-ring (bicyclic) bond motifs is 7. The van der Waals surface area contributed by atoms with Crippen LogP contribution in [-0.2, 0) is 5.41 Å². The molecule has 8 aromatic rings. The van der Waals surface area contributed by atoms with Crippen LogP contribution in [0, 0.1) is 5.92 Å². The van der Waals surface area contributed by atoms with E-state index in [0.29, 0.717) is 0 Å². The summed E-state index contributed by atoms with van der Waals surface area (Å²) < 4.78 is 4.60. The van der Waals surface area contributed by atoms with Crippen LogP contribution in [0.25, 0.3) is 60.5 Å². The van der Waals surface area contributed by atoms with Gasteiger partial charge >= 0.3 is 0 Å². The van der Waals surface area contributed by atoms with E-state index in [2.05, 4.69) is 206 Å². The van der Waals surface area contributed by atoms with Crippen LogP contribution in [-0.4, -0.2) is 4.57 Å². The highest BCUT2D eigenvalue weighted by Gasteiger charge is 2.49. The summed E-state index contributed by atoms with van der Waals surface area (Å²) in [6.07, 6.45) is 10.2. The lowest BCUT2D eigenvalue weighted by molar-refractivity contribution is 0.457. The minimum absolute atomic E-state index is 0.234. The van der Waals surface area contributed by atoms with Crippen LogP contribution in [0.4, 0.5) is 0 Å². The Morgan fingerprint density at radius 2 is 1.22 bits per heavy atom. The number of aromatic nitrogens is 1. The molecular formula is C47H31Br2N. The van der Waals surface area contributed by atoms with E-state index in [1.807, 2.05) is 0 Å². The van der Waals surface area contributed by atoms with Crippen molar-refractivity contribution < 1.29 is 0 Å². The van der Waals surface area contributed by atoms with E-state index in [1.165, 1.54) is 77.2 Å². The van der Waals surface area contributed by atoms with Gasteiger partial charge in [-0.25, -0.2) is 0 Å². The molecule has 50 heavy (non-hydrogen) atoms. The highest BCUT2D eigenvalue weighted by molar-refractivity contribution is 9.10. The highest BCUT2D eigenvalue weighted by atomic mass is 79.9. The maximum absolute atomic E-state index is 3.75. The summed E-state index contributed by atoms with van der Waals surface area (Å²) in [4.78, 5) is 0. The number of hydrogen-bond donors (Lipinski definition) is 0. The van der Waals surface area contributed by atoms with Crippen molar-refractivity contribution in [3.63, 3.8) is 0 Å². The van der Waals surface area contributed by atoms with Gasteiger partial charge in [0.1, 0.15) is 0 Å². The monoisotopic (exact) mass is 767 g/mol. The van der Waals surface area contributed by atoms with Crippen molar-refractivity contribution in [2.24, 2.45) is 5.92 Å². The van der Waals surface area contributed by atoms with Crippen LogP contribution in [0.3, 0.4) is 0 Å². The Bertz CT molecular complexity index is 2650. The van der Waals surface area contributed by atoms with Gasteiger partial charge in [0.25, 0.3) is 0 Å². The third-order valence-electron chi connectivity index (χ3n) is 11.0. The maximum Gasteiger partial charge on any atom is 0.0541 e. The lowest BCUT2D eigenvalue weighted by Crippen LogP contribution is -2.35. The van der Waals surface area contributed by atoms with Crippen LogP contribution in [0.5, 0.6) is 0 Å². The number of benzene rings is 7. The van der Waals surface area contributed by atoms with Gasteiger partial charge in [0.05, 0.1) is 16.4 Å². The molecule has 1 heterocycles. The van der Waals surface area contributed by atoms with Gasteiger partial charge in [-0.3, -0.25) is 0 Å². The quantitative estimate of drug-likeness (QED) is 0.168. The van der Waals surface area contributed by atoms with Gasteiger partial charge in [-0.1, -0.05) is 147 Å². The number of allylic oxidation sites excluding steroid dienone is 4. The molecule has 0 aliphatic heterocycles. The molecule has 3 heteroatoms. The summed E-state index contributed by atoms with van der Waals surface area (Å²) in [6.45, 7) is 0. The third-order valence-corrected chi connectivity index (χ3v) is 12.0. The van der Waals surface area contributed by atoms with Crippen molar-refractivity contribution in [1.29, 1.82) is 0 Å². The summed E-state index contributed by atoms with van der Waals surface area (Å²) in [5.74, 6) is 0.234. The number of nitrogens with zero attached hydrogens (tertiary/aromatic N) is 1.